The highest BCUT2D eigenvalue weighted by Crippen LogP contribution is 2.14. The molecule has 6 heteroatoms. The van der Waals surface area contributed by atoms with Crippen LogP contribution >= 0.6 is 0 Å². The zero-order chi connectivity index (χ0) is 38.7. The minimum absolute atomic E-state index is 0.0953. The molecule has 0 saturated heterocycles. The summed E-state index contributed by atoms with van der Waals surface area (Å²) < 4.78 is 16.6. The Hall–Kier alpha value is -2.63. The Morgan fingerprint density at radius 1 is 0.396 bits per heavy atom. The maximum atomic E-state index is 12.6. The van der Waals surface area contributed by atoms with E-state index in [4.69, 9.17) is 14.2 Å². The summed E-state index contributed by atoms with van der Waals surface area (Å²) in [7, 11) is 0. The van der Waals surface area contributed by atoms with E-state index in [1.54, 1.807) is 0 Å². The average molecular weight is 743 g/mol. The molecule has 306 valence electrons. The van der Waals surface area contributed by atoms with Crippen LogP contribution in [0.4, 0.5) is 0 Å². The first-order valence-corrected chi connectivity index (χ1v) is 22.1. The van der Waals surface area contributed by atoms with Crippen molar-refractivity contribution in [2.75, 3.05) is 13.2 Å². The number of allylic oxidation sites excluding steroid dienone is 8. The fourth-order valence-electron chi connectivity index (χ4n) is 5.97. The van der Waals surface area contributed by atoms with Crippen LogP contribution in [0.2, 0.25) is 0 Å². The standard InChI is InChI=1S/C47H82O6/c1-4-7-10-13-16-19-22-23-24-26-28-31-34-37-40-46(49)52-43-44(42-51-45(48)39-36-33-30-27-21-18-15-12-9-6-3)53-47(50)41-38-35-32-29-25-20-17-14-11-8-5-2/h8,11,15,17-18,20,29,32,44H,4-7,9-10,12-14,16,19,21-28,30-31,33-43H2,1-3H3/b11-8-,18-15-,20-17-,32-29-. The fraction of sp³-hybridized carbons (Fsp3) is 0.766. The van der Waals surface area contributed by atoms with Crippen LogP contribution in [0.3, 0.4) is 0 Å². The molecule has 0 saturated carbocycles. The lowest BCUT2D eigenvalue weighted by molar-refractivity contribution is -0.167. The molecule has 0 rings (SSSR count). The summed E-state index contributed by atoms with van der Waals surface area (Å²) in [6.45, 7) is 6.41. The average Bonchev–Trinajstić information content (AvgIpc) is 3.15. The fourth-order valence-corrected chi connectivity index (χ4v) is 5.97. The monoisotopic (exact) mass is 743 g/mol. The summed E-state index contributed by atoms with van der Waals surface area (Å²) in [4.78, 5) is 37.6. The van der Waals surface area contributed by atoms with Gasteiger partial charge in [-0.2, -0.15) is 0 Å². The SMILES string of the molecule is CC/C=C\C/C=C\C/C=C\CCCC(=O)OC(COC(=O)CCCCCC/C=C\CCCC)COC(=O)CCCCCCCCCCCCCCCC. The first-order chi connectivity index (χ1) is 26.0. The molecule has 53 heavy (non-hydrogen) atoms. The van der Waals surface area contributed by atoms with Gasteiger partial charge in [0.15, 0.2) is 6.10 Å². The Balaban J connectivity index is 4.41. The topological polar surface area (TPSA) is 78.9 Å². The first-order valence-electron chi connectivity index (χ1n) is 22.1. The van der Waals surface area contributed by atoms with E-state index in [0.717, 1.165) is 83.5 Å². The van der Waals surface area contributed by atoms with E-state index in [-0.39, 0.29) is 37.5 Å². The molecule has 0 aliphatic heterocycles. The van der Waals surface area contributed by atoms with Crippen molar-refractivity contribution >= 4 is 17.9 Å². The molecule has 1 atom stereocenters. The van der Waals surface area contributed by atoms with Crippen molar-refractivity contribution < 1.29 is 28.6 Å². The summed E-state index contributed by atoms with van der Waals surface area (Å²) in [6, 6.07) is 0. The zero-order valence-corrected chi connectivity index (χ0v) is 34.8. The molecule has 0 radical (unpaired) electrons. The smallest absolute Gasteiger partial charge is 0.306 e. The Labute approximate surface area is 327 Å². The van der Waals surface area contributed by atoms with Crippen molar-refractivity contribution in [3.63, 3.8) is 0 Å². The lowest BCUT2D eigenvalue weighted by Gasteiger charge is -2.18. The molecule has 0 bridgehead atoms. The molecule has 0 aromatic heterocycles. The molecule has 6 nitrogen and oxygen atoms in total. The molecular weight excluding hydrogens is 661 g/mol. The first kappa shape index (κ1) is 50.4. The van der Waals surface area contributed by atoms with Gasteiger partial charge < -0.3 is 14.2 Å². The van der Waals surface area contributed by atoms with Crippen LogP contribution in [0.5, 0.6) is 0 Å². The van der Waals surface area contributed by atoms with Crippen molar-refractivity contribution in [3.8, 4) is 0 Å². The number of carbonyl (C=O) groups excluding carboxylic acids is 3. The van der Waals surface area contributed by atoms with E-state index < -0.39 is 6.10 Å². The quantitative estimate of drug-likeness (QED) is 0.0270. The highest BCUT2D eigenvalue weighted by molar-refractivity contribution is 5.71. The number of ether oxygens (including phenoxy) is 3. The molecule has 0 spiro atoms. The lowest BCUT2D eigenvalue weighted by Crippen LogP contribution is -2.30. The van der Waals surface area contributed by atoms with E-state index in [0.29, 0.717) is 19.3 Å². The highest BCUT2D eigenvalue weighted by atomic mass is 16.6. The maximum Gasteiger partial charge on any atom is 0.306 e. The van der Waals surface area contributed by atoms with Gasteiger partial charge in [0.2, 0.25) is 0 Å². The summed E-state index contributed by atoms with van der Waals surface area (Å²) in [5.41, 5.74) is 0. The predicted molar refractivity (Wildman–Crippen MR) is 224 cm³/mol. The molecular formula is C47H82O6. The molecule has 0 aliphatic carbocycles. The number of carbonyl (C=O) groups is 3. The molecule has 0 heterocycles. The van der Waals surface area contributed by atoms with Gasteiger partial charge >= 0.3 is 17.9 Å². The number of unbranched alkanes of at least 4 members (excludes halogenated alkanes) is 20. The third kappa shape index (κ3) is 40.4. The normalized spacial score (nSPS) is 12.4. The van der Waals surface area contributed by atoms with Gasteiger partial charge in [0.1, 0.15) is 13.2 Å². The number of hydrogen-bond acceptors (Lipinski definition) is 6. The Morgan fingerprint density at radius 3 is 1.28 bits per heavy atom. The van der Waals surface area contributed by atoms with E-state index in [9.17, 15) is 14.4 Å². The predicted octanol–water partition coefficient (Wildman–Crippen LogP) is 14.0. The number of rotatable bonds is 39. The summed E-state index contributed by atoms with van der Waals surface area (Å²) >= 11 is 0. The van der Waals surface area contributed by atoms with Crippen LogP contribution in [0, 0.1) is 0 Å². The third-order valence-corrected chi connectivity index (χ3v) is 9.32. The number of hydrogen-bond donors (Lipinski definition) is 0. The van der Waals surface area contributed by atoms with Crippen LogP contribution in [-0.4, -0.2) is 37.2 Å². The molecule has 1 unspecified atom stereocenters. The summed E-state index contributed by atoms with van der Waals surface area (Å²) in [5.74, 6) is -0.967. The van der Waals surface area contributed by atoms with E-state index >= 15 is 0 Å². The van der Waals surface area contributed by atoms with Crippen molar-refractivity contribution in [2.45, 2.75) is 219 Å². The minimum Gasteiger partial charge on any atom is -0.462 e. The van der Waals surface area contributed by atoms with Crippen LogP contribution < -0.4 is 0 Å². The van der Waals surface area contributed by atoms with E-state index in [2.05, 4.69) is 69.4 Å². The second kappa shape index (κ2) is 42.1. The van der Waals surface area contributed by atoms with Gasteiger partial charge in [0.25, 0.3) is 0 Å². The van der Waals surface area contributed by atoms with Crippen LogP contribution in [-0.2, 0) is 28.6 Å². The van der Waals surface area contributed by atoms with Crippen molar-refractivity contribution in [1.29, 1.82) is 0 Å². The number of esters is 3. The van der Waals surface area contributed by atoms with Gasteiger partial charge in [0, 0.05) is 19.3 Å². The highest BCUT2D eigenvalue weighted by Gasteiger charge is 2.19. The van der Waals surface area contributed by atoms with Gasteiger partial charge in [-0.3, -0.25) is 14.4 Å². The second-order valence-electron chi connectivity index (χ2n) is 14.6. The van der Waals surface area contributed by atoms with Gasteiger partial charge in [-0.1, -0.05) is 179 Å². The van der Waals surface area contributed by atoms with Gasteiger partial charge in [-0.25, -0.2) is 0 Å². The summed E-state index contributed by atoms with van der Waals surface area (Å²) in [5, 5.41) is 0. The van der Waals surface area contributed by atoms with Gasteiger partial charge in [0.05, 0.1) is 0 Å². The van der Waals surface area contributed by atoms with Crippen molar-refractivity contribution in [1.82, 2.24) is 0 Å². The molecule has 0 aromatic rings. The van der Waals surface area contributed by atoms with Crippen LogP contribution in [0.15, 0.2) is 48.6 Å². The Bertz CT molecular complexity index is 949. The van der Waals surface area contributed by atoms with Crippen molar-refractivity contribution in [3.05, 3.63) is 48.6 Å². The zero-order valence-electron chi connectivity index (χ0n) is 34.8. The largest absolute Gasteiger partial charge is 0.462 e. The Kier molecular flexibility index (Phi) is 40.0. The van der Waals surface area contributed by atoms with Gasteiger partial charge in [-0.05, 0) is 64.2 Å². The molecule has 0 N–H and O–H groups in total. The minimum atomic E-state index is -0.798. The Morgan fingerprint density at radius 2 is 0.774 bits per heavy atom. The summed E-state index contributed by atoms with van der Waals surface area (Å²) in [6.07, 6.45) is 48.2. The van der Waals surface area contributed by atoms with E-state index in [1.807, 2.05) is 0 Å². The molecule has 0 aromatic carbocycles. The lowest BCUT2D eigenvalue weighted by atomic mass is 10.0. The van der Waals surface area contributed by atoms with E-state index in [1.165, 1.54) is 83.5 Å². The molecule has 0 fully saturated rings. The third-order valence-electron chi connectivity index (χ3n) is 9.32. The maximum absolute atomic E-state index is 12.6. The van der Waals surface area contributed by atoms with Crippen LogP contribution in [0.25, 0.3) is 0 Å². The second-order valence-corrected chi connectivity index (χ2v) is 14.6. The van der Waals surface area contributed by atoms with Crippen LogP contribution in [0.1, 0.15) is 213 Å². The van der Waals surface area contributed by atoms with Crippen molar-refractivity contribution in [2.24, 2.45) is 0 Å². The molecule has 0 aliphatic rings. The molecule has 0 amide bonds. The van der Waals surface area contributed by atoms with Gasteiger partial charge in [-0.15, -0.1) is 0 Å².